The number of fused-ring (bicyclic) bond motifs is 1. The van der Waals surface area contributed by atoms with E-state index < -0.39 is 0 Å². The number of aromatic nitrogens is 1. The summed E-state index contributed by atoms with van der Waals surface area (Å²) in [6, 6.07) is 12.7. The normalized spacial score (nSPS) is 15.0. The van der Waals surface area contributed by atoms with Crippen molar-refractivity contribution in [1.29, 1.82) is 0 Å². The first-order valence-electron chi connectivity index (χ1n) is 5.57. The molecule has 0 aliphatic heterocycles. The smallest absolute Gasteiger partial charge is 0.166 e. The van der Waals surface area contributed by atoms with E-state index in [1.807, 2.05) is 18.3 Å². The molecule has 1 aliphatic carbocycles. The zero-order valence-corrected chi connectivity index (χ0v) is 8.97. The standard InChI is InChI=1S/C14H13NO/c16-10-13-6-3-7-15(13)14-8-11-4-1-2-5-12(11)9-14/h1-7,10,14H,8-9H2. The molecule has 0 amide bonds. The van der Waals surface area contributed by atoms with Crippen molar-refractivity contribution >= 4 is 6.29 Å². The summed E-state index contributed by atoms with van der Waals surface area (Å²) in [5, 5.41) is 0. The van der Waals surface area contributed by atoms with Gasteiger partial charge in [-0.3, -0.25) is 4.79 Å². The van der Waals surface area contributed by atoms with E-state index in [0.717, 1.165) is 24.8 Å². The van der Waals surface area contributed by atoms with Gasteiger partial charge in [-0.15, -0.1) is 0 Å². The summed E-state index contributed by atoms with van der Waals surface area (Å²) < 4.78 is 2.09. The van der Waals surface area contributed by atoms with Crippen molar-refractivity contribution < 1.29 is 4.79 Å². The van der Waals surface area contributed by atoms with Gasteiger partial charge in [-0.2, -0.15) is 0 Å². The van der Waals surface area contributed by atoms with Crippen LogP contribution in [0.5, 0.6) is 0 Å². The van der Waals surface area contributed by atoms with Crippen LogP contribution in [0.2, 0.25) is 0 Å². The van der Waals surface area contributed by atoms with Crippen LogP contribution < -0.4 is 0 Å². The van der Waals surface area contributed by atoms with Crippen LogP contribution >= 0.6 is 0 Å². The number of nitrogens with zero attached hydrogens (tertiary/aromatic N) is 1. The van der Waals surface area contributed by atoms with Crippen molar-refractivity contribution in [2.45, 2.75) is 18.9 Å². The second-order valence-corrected chi connectivity index (χ2v) is 4.29. The van der Waals surface area contributed by atoms with Gasteiger partial charge in [-0.25, -0.2) is 0 Å². The summed E-state index contributed by atoms with van der Waals surface area (Å²) in [6.07, 6.45) is 5.00. The fourth-order valence-corrected chi connectivity index (χ4v) is 2.57. The molecule has 3 rings (SSSR count). The third-order valence-electron chi connectivity index (χ3n) is 3.36. The van der Waals surface area contributed by atoms with Crippen LogP contribution in [0.25, 0.3) is 0 Å². The second kappa shape index (κ2) is 3.63. The van der Waals surface area contributed by atoms with Gasteiger partial charge in [0.25, 0.3) is 0 Å². The van der Waals surface area contributed by atoms with Gasteiger partial charge in [-0.05, 0) is 36.1 Å². The summed E-state index contributed by atoms with van der Waals surface area (Å²) in [6.45, 7) is 0. The average molecular weight is 211 g/mol. The minimum Gasteiger partial charge on any atom is -0.342 e. The molecular formula is C14H13NO. The third kappa shape index (κ3) is 1.38. The van der Waals surface area contributed by atoms with E-state index in [1.54, 1.807) is 0 Å². The predicted molar refractivity (Wildman–Crippen MR) is 62.7 cm³/mol. The second-order valence-electron chi connectivity index (χ2n) is 4.29. The Labute approximate surface area is 94.5 Å². The van der Waals surface area contributed by atoms with Crippen molar-refractivity contribution in [3.05, 3.63) is 59.4 Å². The maximum absolute atomic E-state index is 10.9. The Kier molecular flexibility index (Phi) is 2.13. The molecule has 16 heavy (non-hydrogen) atoms. The minimum atomic E-state index is 0.410. The monoisotopic (exact) mass is 211 g/mol. The largest absolute Gasteiger partial charge is 0.342 e. The van der Waals surface area contributed by atoms with Gasteiger partial charge in [0.2, 0.25) is 0 Å². The predicted octanol–water partition coefficient (Wildman–Crippen LogP) is 2.64. The number of hydrogen-bond donors (Lipinski definition) is 0. The van der Waals surface area contributed by atoms with Crippen LogP contribution in [-0.4, -0.2) is 10.9 Å². The Bertz CT molecular complexity index is 502. The summed E-state index contributed by atoms with van der Waals surface area (Å²) in [5.41, 5.74) is 3.61. The van der Waals surface area contributed by atoms with Crippen LogP contribution in [0.1, 0.15) is 27.7 Å². The fraction of sp³-hybridized carbons (Fsp3) is 0.214. The van der Waals surface area contributed by atoms with Crippen LogP contribution in [0, 0.1) is 0 Å². The molecule has 2 nitrogen and oxygen atoms in total. The lowest BCUT2D eigenvalue weighted by molar-refractivity contribution is 0.111. The first-order chi connectivity index (χ1) is 7.88. The highest BCUT2D eigenvalue weighted by Gasteiger charge is 2.22. The molecular weight excluding hydrogens is 198 g/mol. The molecule has 0 fully saturated rings. The molecule has 2 aromatic rings. The number of aldehydes is 1. The Balaban J connectivity index is 1.94. The number of hydrogen-bond acceptors (Lipinski definition) is 1. The maximum Gasteiger partial charge on any atom is 0.166 e. The van der Waals surface area contributed by atoms with E-state index in [9.17, 15) is 4.79 Å². The maximum atomic E-state index is 10.9. The quantitative estimate of drug-likeness (QED) is 0.700. The van der Waals surface area contributed by atoms with Crippen molar-refractivity contribution in [2.75, 3.05) is 0 Å². The first kappa shape index (κ1) is 9.40. The number of carbonyl (C=O) groups is 1. The summed E-state index contributed by atoms with van der Waals surface area (Å²) >= 11 is 0. The highest BCUT2D eigenvalue weighted by molar-refractivity contribution is 5.72. The lowest BCUT2D eigenvalue weighted by Gasteiger charge is -2.13. The van der Waals surface area contributed by atoms with Crippen molar-refractivity contribution in [2.24, 2.45) is 0 Å². The van der Waals surface area contributed by atoms with E-state index in [1.165, 1.54) is 11.1 Å². The first-order valence-corrected chi connectivity index (χ1v) is 5.57. The molecule has 1 aromatic heterocycles. The van der Waals surface area contributed by atoms with Crippen molar-refractivity contribution in [1.82, 2.24) is 4.57 Å². The SMILES string of the molecule is O=Cc1cccn1C1Cc2ccccc2C1. The summed E-state index contributed by atoms with van der Waals surface area (Å²) in [5.74, 6) is 0. The molecule has 1 heterocycles. The van der Waals surface area contributed by atoms with E-state index in [0.29, 0.717) is 6.04 Å². The molecule has 0 bridgehead atoms. The van der Waals surface area contributed by atoms with Crippen molar-refractivity contribution in [3.8, 4) is 0 Å². The highest BCUT2D eigenvalue weighted by Crippen LogP contribution is 2.30. The highest BCUT2D eigenvalue weighted by atomic mass is 16.1. The molecule has 0 radical (unpaired) electrons. The van der Waals surface area contributed by atoms with E-state index in [2.05, 4.69) is 28.8 Å². The zero-order chi connectivity index (χ0) is 11.0. The lowest BCUT2D eigenvalue weighted by Crippen LogP contribution is -2.10. The minimum absolute atomic E-state index is 0.410. The van der Waals surface area contributed by atoms with Gasteiger partial charge in [0, 0.05) is 12.2 Å². The average Bonchev–Trinajstić information content (AvgIpc) is 2.94. The lowest BCUT2D eigenvalue weighted by atomic mass is 10.1. The van der Waals surface area contributed by atoms with Gasteiger partial charge < -0.3 is 4.57 Å². The van der Waals surface area contributed by atoms with Crippen LogP contribution in [0.3, 0.4) is 0 Å². The van der Waals surface area contributed by atoms with E-state index in [-0.39, 0.29) is 0 Å². The molecule has 0 saturated heterocycles. The molecule has 1 aliphatic rings. The molecule has 0 unspecified atom stereocenters. The third-order valence-corrected chi connectivity index (χ3v) is 3.36. The van der Waals surface area contributed by atoms with Gasteiger partial charge in [0.05, 0.1) is 5.69 Å². The molecule has 0 spiro atoms. The van der Waals surface area contributed by atoms with Gasteiger partial charge in [0.1, 0.15) is 0 Å². The van der Waals surface area contributed by atoms with Gasteiger partial charge in [-0.1, -0.05) is 24.3 Å². The van der Waals surface area contributed by atoms with Crippen LogP contribution in [0.4, 0.5) is 0 Å². The molecule has 0 saturated carbocycles. The van der Waals surface area contributed by atoms with Gasteiger partial charge >= 0.3 is 0 Å². The van der Waals surface area contributed by atoms with Crippen LogP contribution in [-0.2, 0) is 12.8 Å². The number of rotatable bonds is 2. The molecule has 0 N–H and O–H groups in total. The van der Waals surface area contributed by atoms with E-state index in [4.69, 9.17) is 0 Å². The fourth-order valence-electron chi connectivity index (χ4n) is 2.57. The number of benzene rings is 1. The van der Waals surface area contributed by atoms with Crippen molar-refractivity contribution in [3.63, 3.8) is 0 Å². The Morgan fingerprint density at radius 3 is 2.38 bits per heavy atom. The number of carbonyl (C=O) groups excluding carboxylic acids is 1. The summed E-state index contributed by atoms with van der Waals surface area (Å²) in [7, 11) is 0. The zero-order valence-electron chi connectivity index (χ0n) is 8.97. The van der Waals surface area contributed by atoms with Crippen LogP contribution in [0.15, 0.2) is 42.6 Å². The Hall–Kier alpha value is -1.83. The molecule has 0 atom stereocenters. The molecule has 80 valence electrons. The Morgan fingerprint density at radius 2 is 1.75 bits per heavy atom. The Morgan fingerprint density at radius 1 is 1.06 bits per heavy atom. The van der Waals surface area contributed by atoms with E-state index >= 15 is 0 Å². The topological polar surface area (TPSA) is 22.0 Å². The van der Waals surface area contributed by atoms with Gasteiger partial charge in [0.15, 0.2) is 6.29 Å². The molecule has 2 heteroatoms. The molecule has 1 aromatic carbocycles. The summed E-state index contributed by atoms with van der Waals surface area (Å²) in [4.78, 5) is 10.9.